The van der Waals surface area contributed by atoms with Gasteiger partial charge in [0.05, 0.1) is 11.6 Å². The molecule has 0 radical (unpaired) electrons. The Labute approximate surface area is 115 Å². The molecule has 1 amide bonds. The lowest BCUT2D eigenvalue weighted by atomic mass is 10.3. The van der Waals surface area contributed by atoms with Crippen molar-refractivity contribution in [3.63, 3.8) is 0 Å². The fourth-order valence-corrected chi connectivity index (χ4v) is 2.58. The summed E-state index contributed by atoms with van der Waals surface area (Å²) in [6, 6.07) is 0. The number of piperazine rings is 1. The number of amidine groups is 1. The van der Waals surface area contributed by atoms with Gasteiger partial charge in [-0.3, -0.25) is 9.69 Å². The van der Waals surface area contributed by atoms with Crippen molar-refractivity contribution in [2.24, 2.45) is 10.9 Å². The van der Waals surface area contributed by atoms with Crippen molar-refractivity contribution in [2.75, 3.05) is 32.7 Å². The monoisotopic (exact) mass is 283 g/mol. The van der Waals surface area contributed by atoms with Crippen molar-refractivity contribution in [3.05, 3.63) is 16.1 Å². The molecule has 1 saturated heterocycles. The molecule has 7 nitrogen and oxygen atoms in total. The average molecular weight is 283 g/mol. The molecule has 3 N–H and O–H groups in total. The number of hydrogen-bond donors (Lipinski definition) is 2. The van der Waals surface area contributed by atoms with Gasteiger partial charge in [0.15, 0.2) is 5.84 Å². The molecule has 0 bridgehead atoms. The fraction of sp³-hybridized carbons (Fsp3) is 0.545. The first-order chi connectivity index (χ1) is 9.10. The van der Waals surface area contributed by atoms with E-state index in [-0.39, 0.29) is 11.7 Å². The van der Waals surface area contributed by atoms with Crippen LogP contribution in [0.25, 0.3) is 0 Å². The molecule has 0 aromatic carbocycles. The van der Waals surface area contributed by atoms with Crippen molar-refractivity contribution >= 4 is 23.1 Å². The zero-order valence-electron chi connectivity index (χ0n) is 10.7. The van der Waals surface area contributed by atoms with E-state index in [2.05, 4.69) is 10.1 Å². The minimum absolute atomic E-state index is 0.0206. The van der Waals surface area contributed by atoms with Gasteiger partial charge in [0.25, 0.3) is 5.91 Å². The Morgan fingerprint density at radius 1 is 1.53 bits per heavy atom. The zero-order chi connectivity index (χ0) is 13.8. The summed E-state index contributed by atoms with van der Waals surface area (Å²) in [5.74, 6) is 0.169. The minimum Gasteiger partial charge on any atom is -0.409 e. The van der Waals surface area contributed by atoms with E-state index in [1.165, 1.54) is 11.3 Å². The molecule has 2 rings (SSSR count). The quantitative estimate of drug-likeness (QED) is 0.351. The highest BCUT2D eigenvalue weighted by molar-refractivity contribution is 7.09. The molecule has 0 atom stereocenters. The fourth-order valence-electron chi connectivity index (χ4n) is 1.99. The van der Waals surface area contributed by atoms with Crippen molar-refractivity contribution in [3.8, 4) is 0 Å². The maximum absolute atomic E-state index is 12.2. The van der Waals surface area contributed by atoms with Crippen LogP contribution in [0, 0.1) is 6.92 Å². The maximum Gasteiger partial charge on any atom is 0.273 e. The van der Waals surface area contributed by atoms with Crippen LogP contribution in [-0.4, -0.2) is 64.5 Å². The summed E-state index contributed by atoms with van der Waals surface area (Å²) in [7, 11) is 0. The second kappa shape index (κ2) is 5.98. The molecule has 1 fully saturated rings. The normalized spacial score (nSPS) is 17.7. The molecule has 1 aromatic heterocycles. The van der Waals surface area contributed by atoms with Crippen LogP contribution in [0.2, 0.25) is 0 Å². The molecule has 19 heavy (non-hydrogen) atoms. The zero-order valence-corrected chi connectivity index (χ0v) is 11.6. The van der Waals surface area contributed by atoms with E-state index in [1.807, 2.05) is 11.8 Å². The first-order valence-electron chi connectivity index (χ1n) is 6.00. The lowest BCUT2D eigenvalue weighted by molar-refractivity contribution is 0.0648. The van der Waals surface area contributed by atoms with Crippen LogP contribution >= 0.6 is 11.3 Å². The molecule has 1 aliphatic heterocycles. The first-order valence-corrected chi connectivity index (χ1v) is 6.88. The molecule has 0 unspecified atom stereocenters. The summed E-state index contributed by atoms with van der Waals surface area (Å²) in [6.07, 6.45) is 0. The van der Waals surface area contributed by atoms with E-state index in [0.29, 0.717) is 38.4 Å². The number of carbonyl (C=O) groups excluding carboxylic acids is 1. The number of thiazole rings is 1. The van der Waals surface area contributed by atoms with E-state index in [0.717, 1.165) is 5.01 Å². The Hall–Kier alpha value is -1.67. The van der Waals surface area contributed by atoms with Crippen molar-refractivity contribution < 1.29 is 10.0 Å². The number of amides is 1. The number of carbonyl (C=O) groups is 1. The Balaban J connectivity index is 1.88. The Morgan fingerprint density at radius 3 is 2.74 bits per heavy atom. The van der Waals surface area contributed by atoms with Gasteiger partial charge in [-0.25, -0.2) is 4.98 Å². The van der Waals surface area contributed by atoms with Crippen LogP contribution in [0.4, 0.5) is 0 Å². The smallest absolute Gasteiger partial charge is 0.273 e. The number of aryl methyl sites for hydroxylation is 1. The number of aromatic nitrogens is 1. The van der Waals surface area contributed by atoms with Gasteiger partial charge in [-0.1, -0.05) is 5.16 Å². The van der Waals surface area contributed by atoms with Gasteiger partial charge in [-0.05, 0) is 6.92 Å². The van der Waals surface area contributed by atoms with Gasteiger partial charge in [0, 0.05) is 31.6 Å². The third-order valence-electron chi connectivity index (χ3n) is 3.01. The van der Waals surface area contributed by atoms with E-state index >= 15 is 0 Å². The van der Waals surface area contributed by atoms with Crippen LogP contribution in [0.1, 0.15) is 15.5 Å². The summed E-state index contributed by atoms with van der Waals surface area (Å²) < 4.78 is 0. The van der Waals surface area contributed by atoms with E-state index in [9.17, 15) is 4.79 Å². The number of hydrogen-bond acceptors (Lipinski definition) is 6. The van der Waals surface area contributed by atoms with Crippen LogP contribution in [0.15, 0.2) is 10.5 Å². The highest BCUT2D eigenvalue weighted by Crippen LogP contribution is 2.12. The van der Waals surface area contributed by atoms with Crippen molar-refractivity contribution in [1.29, 1.82) is 0 Å². The van der Waals surface area contributed by atoms with Crippen LogP contribution < -0.4 is 5.73 Å². The molecule has 1 aliphatic rings. The van der Waals surface area contributed by atoms with E-state index < -0.39 is 0 Å². The maximum atomic E-state index is 12.2. The lowest BCUT2D eigenvalue weighted by Gasteiger charge is -2.33. The molecule has 0 aliphatic carbocycles. The van der Waals surface area contributed by atoms with Gasteiger partial charge in [-0.2, -0.15) is 0 Å². The van der Waals surface area contributed by atoms with Crippen molar-refractivity contribution in [2.45, 2.75) is 6.92 Å². The van der Waals surface area contributed by atoms with Gasteiger partial charge in [-0.15, -0.1) is 11.3 Å². The topological polar surface area (TPSA) is 95.1 Å². The molecule has 1 aromatic rings. The van der Waals surface area contributed by atoms with Gasteiger partial charge >= 0.3 is 0 Å². The van der Waals surface area contributed by atoms with Gasteiger partial charge < -0.3 is 15.8 Å². The SMILES string of the molecule is Cc1nc(C(=O)N2CCN(CC(N)=NO)CC2)cs1. The standard InChI is InChI=1S/C11H17N5O2S/c1-8-13-9(7-19-8)11(17)16-4-2-15(3-5-16)6-10(12)14-18/h7,18H,2-6H2,1H3,(H2,12,14). The molecule has 0 spiro atoms. The molecule has 104 valence electrons. The second-order valence-electron chi connectivity index (χ2n) is 4.41. The molecule has 2 heterocycles. The number of rotatable bonds is 3. The predicted octanol–water partition coefficient (Wildman–Crippen LogP) is -0.0443. The Morgan fingerprint density at radius 2 is 2.21 bits per heavy atom. The summed E-state index contributed by atoms with van der Waals surface area (Å²) in [5.41, 5.74) is 5.98. The summed E-state index contributed by atoms with van der Waals surface area (Å²) >= 11 is 1.48. The largest absolute Gasteiger partial charge is 0.409 e. The Bertz CT molecular complexity index is 479. The molecular weight excluding hydrogens is 266 g/mol. The van der Waals surface area contributed by atoms with Crippen LogP contribution in [0.3, 0.4) is 0 Å². The molecule has 0 saturated carbocycles. The van der Waals surface area contributed by atoms with Crippen LogP contribution in [0.5, 0.6) is 0 Å². The molecule has 8 heteroatoms. The van der Waals surface area contributed by atoms with E-state index in [4.69, 9.17) is 10.9 Å². The van der Waals surface area contributed by atoms with Gasteiger partial charge in [0.1, 0.15) is 5.69 Å². The summed E-state index contributed by atoms with van der Waals surface area (Å²) in [4.78, 5) is 20.2. The second-order valence-corrected chi connectivity index (χ2v) is 5.47. The highest BCUT2D eigenvalue weighted by Gasteiger charge is 2.23. The van der Waals surface area contributed by atoms with E-state index in [1.54, 1.807) is 10.3 Å². The molecular formula is C11H17N5O2S. The average Bonchev–Trinajstić information content (AvgIpc) is 2.85. The third kappa shape index (κ3) is 3.42. The number of nitrogens with two attached hydrogens (primary N) is 1. The number of nitrogens with zero attached hydrogens (tertiary/aromatic N) is 4. The van der Waals surface area contributed by atoms with Crippen LogP contribution in [-0.2, 0) is 0 Å². The minimum atomic E-state index is -0.0206. The third-order valence-corrected chi connectivity index (χ3v) is 3.79. The summed E-state index contributed by atoms with van der Waals surface area (Å²) in [6.45, 7) is 5.00. The predicted molar refractivity (Wildman–Crippen MR) is 72.6 cm³/mol. The van der Waals surface area contributed by atoms with Crippen molar-refractivity contribution in [1.82, 2.24) is 14.8 Å². The summed E-state index contributed by atoms with van der Waals surface area (Å²) in [5, 5.41) is 14.2. The first kappa shape index (κ1) is 13.8. The van der Waals surface area contributed by atoms with Gasteiger partial charge in [0.2, 0.25) is 0 Å². The number of oxime groups is 1. The lowest BCUT2D eigenvalue weighted by Crippen LogP contribution is -2.50. The Kier molecular flexibility index (Phi) is 4.33. The highest BCUT2D eigenvalue weighted by atomic mass is 32.1.